The highest BCUT2D eigenvalue weighted by atomic mass is 16.5. The maximum absolute atomic E-state index is 11.5. The molecule has 2 aliphatic heterocycles. The maximum atomic E-state index is 11.5. The van der Waals surface area contributed by atoms with E-state index in [0.717, 1.165) is 0 Å². The van der Waals surface area contributed by atoms with Crippen LogP contribution in [0.5, 0.6) is 0 Å². The molecule has 2 saturated heterocycles. The zero-order chi connectivity index (χ0) is 11.0. The molecule has 0 bridgehead atoms. The zero-order valence-corrected chi connectivity index (χ0v) is 8.56. The van der Waals surface area contributed by atoms with Crippen molar-refractivity contribution in [3.8, 4) is 0 Å². The van der Waals surface area contributed by atoms with E-state index in [0.29, 0.717) is 13.0 Å². The van der Waals surface area contributed by atoms with Gasteiger partial charge >= 0.3 is 5.97 Å². The van der Waals surface area contributed by atoms with E-state index < -0.39 is 5.92 Å². The first kappa shape index (κ1) is 10.1. The van der Waals surface area contributed by atoms with Gasteiger partial charge in [0.2, 0.25) is 5.91 Å². The number of carbonyl (C=O) groups excluding carboxylic acids is 3. The number of Topliss-reactive ketones (excluding diaryl/α,β-unsaturated/α-hetero) is 1. The van der Waals surface area contributed by atoms with Crippen molar-refractivity contribution < 1.29 is 19.1 Å². The Kier molecular flexibility index (Phi) is 2.46. The molecular weight excluding hydrogens is 198 g/mol. The van der Waals surface area contributed by atoms with Crippen LogP contribution in [0.1, 0.15) is 19.8 Å². The minimum Gasteiger partial charge on any atom is -0.466 e. The Labute approximate surface area is 87.4 Å². The number of nitrogens with zero attached hydrogens (tertiary/aromatic N) is 1. The van der Waals surface area contributed by atoms with E-state index in [1.54, 1.807) is 6.92 Å². The van der Waals surface area contributed by atoms with Crippen LogP contribution in [-0.4, -0.2) is 41.8 Å². The Morgan fingerprint density at radius 1 is 1.47 bits per heavy atom. The molecule has 1 unspecified atom stereocenters. The predicted molar refractivity (Wildman–Crippen MR) is 49.9 cm³/mol. The zero-order valence-electron chi connectivity index (χ0n) is 8.56. The van der Waals surface area contributed by atoms with E-state index in [9.17, 15) is 14.4 Å². The largest absolute Gasteiger partial charge is 0.466 e. The van der Waals surface area contributed by atoms with E-state index in [1.807, 2.05) is 0 Å². The summed E-state index contributed by atoms with van der Waals surface area (Å²) in [5, 5.41) is 0. The van der Waals surface area contributed by atoms with Crippen molar-refractivity contribution in [1.29, 1.82) is 0 Å². The summed E-state index contributed by atoms with van der Waals surface area (Å²) in [5.41, 5.74) is 0. The van der Waals surface area contributed by atoms with Crippen LogP contribution in [-0.2, 0) is 19.1 Å². The van der Waals surface area contributed by atoms with Crippen LogP contribution in [0.4, 0.5) is 0 Å². The molecule has 5 nitrogen and oxygen atoms in total. The summed E-state index contributed by atoms with van der Waals surface area (Å²) in [7, 11) is 0. The molecule has 0 aromatic heterocycles. The number of ether oxygens (including phenoxy) is 1. The number of hydrogen-bond acceptors (Lipinski definition) is 4. The third-order valence-electron chi connectivity index (χ3n) is 2.95. The van der Waals surface area contributed by atoms with Crippen molar-refractivity contribution in [1.82, 2.24) is 4.90 Å². The Bertz CT molecular complexity index is 325. The third kappa shape index (κ3) is 1.62. The number of ketones is 1. The SMILES string of the molecule is CCOC(=O)[C@@H]1CC(=O)N2CC(=O)CC12. The van der Waals surface area contributed by atoms with Crippen molar-refractivity contribution in [3.05, 3.63) is 0 Å². The molecule has 2 fully saturated rings. The normalized spacial score (nSPS) is 29.5. The molecule has 2 rings (SSSR count). The van der Waals surface area contributed by atoms with Crippen molar-refractivity contribution >= 4 is 17.7 Å². The maximum Gasteiger partial charge on any atom is 0.311 e. The van der Waals surface area contributed by atoms with Gasteiger partial charge in [0.1, 0.15) is 0 Å². The lowest BCUT2D eigenvalue weighted by Gasteiger charge is -2.17. The van der Waals surface area contributed by atoms with Gasteiger partial charge in [-0.1, -0.05) is 0 Å². The first-order chi connectivity index (χ1) is 7.13. The monoisotopic (exact) mass is 211 g/mol. The molecule has 82 valence electrons. The second kappa shape index (κ2) is 3.64. The summed E-state index contributed by atoms with van der Waals surface area (Å²) in [6, 6.07) is -0.246. The van der Waals surface area contributed by atoms with E-state index in [1.165, 1.54) is 4.90 Å². The van der Waals surface area contributed by atoms with Gasteiger partial charge < -0.3 is 9.64 Å². The molecule has 2 aliphatic rings. The number of hydrogen-bond donors (Lipinski definition) is 0. The van der Waals surface area contributed by atoms with Crippen LogP contribution >= 0.6 is 0 Å². The van der Waals surface area contributed by atoms with Crippen LogP contribution in [0, 0.1) is 5.92 Å². The lowest BCUT2D eigenvalue weighted by Crippen LogP contribution is -2.32. The highest BCUT2D eigenvalue weighted by Gasteiger charge is 2.49. The molecule has 2 atom stereocenters. The van der Waals surface area contributed by atoms with Gasteiger partial charge in [-0.3, -0.25) is 14.4 Å². The molecule has 0 N–H and O–H groups in total. The number of carbonyl (C=O) groups is 3. The van der Waals surface area contributed by atoms with Crippen LogP contribution in [0.15, 0.2) is 0 Å². The van der Waals surface area contributed by atoms with E-state index in [-0.39, 0.29) is 36.7 Å². The second-order valence-electron chi connectivity index (χ2n) is 3.89. The summed E-state index contributed by atoms with van der Waals surface area (Å²) in [4.78, 5) is 35.7. The lowest BCUT2D eigenvalue weighted by molar-refractivity contribution is -0.148. The van der Waals surface area contributed by atoms with Gasteiger partial charge in [-0.2, -0.15) is 0 Å². The van der Waals surface area contributed by atoms with Crippen LogP contribution in [0.25, 0.3) is 0 Å². The fourth-order valence-corrected chi connectivity index (χ4v) is 2.28. The van der Waals surface area contributed by atoms with Crippen molar-refractivity contribution in [2.75, 3.05) is 13.2 Å². The predicted octanol–water partition coefficient (Wildman–Crippen LogP) is -0.261. The first-order valence-corrected chi connectivity index (χ1v) is 5.11. The number of fused-ring (bicyclic) bond motifs is 1. The Hall–Kier alpha value is -1.39. The molecule has 0 aromatic carbocycles. The molecule has 15 heavy (non-hydrogen) atoms. The Balaban J connectivity index is 2.12. The van der Waals surface area contributed by atoms with Gasteiger partial charge in [0, 0.05) is 12.8 Å². The van der Waals surface area contributed by atoms with E-state index >= 15 is 0 Å². The smallest absolute Gasteiger partial charge is 0.311 e. The van der Waals surface area contributed by atoms with Gasteiger partial charge in [0.05, 0.1) is 25.1 Å². The Morgan fingerprint density at radius 2 is 2.20 bits per heavy atom. The minimum atomic E-state index is -0.441. The minimum absolute atomic E-state index is 0.0300. The van der Waals surface area contributed by atoms with Gasteiger partial charge in [0.25, 0.3) is 0 Å². The van der Waals surface area contributed by atoms with E-state index in [2.05, 4.69) is 0 Å². The summed E-state index contributed by atoms with van der Waals surface area (Å²) >= 11 is 0. The molecule has 2 heterocycles. The number of rotatable bonds is 2. The fraction of sp³-hybridized carbons (Fsp3) is 0.700. The third-order valence-corrected chi connectivity index (χ3v) is 2.95. The highest BCUT2D eigenvalue weighted by Crippen LogP contribution is 2.32. The van der Waals surface area contributed by atoms with Gasteiger partial charge in [-0.25, -0.2) is 0 Å². The molecule has 5 heteroatoms. The molecular formula is C10H13NO4. The second-order valence-corrected chi connectivity index (χ2v) is 3.89. The van der Waals surface area contributed by atoms with Gasteiger partial charge in [0.15, 0.2) is 5.78 Å². The summed E-state index contributed by atoms with van der Waals surface area (Å²) in [5.74, 6) is -0.872. The van der Waals surface area contributed by atoms with Crippen LogP contribution in [0.2, 0.25) is 0 Å². The van der Waals surface area contributed by atoms with Gasteiger partial charge in [-0.15, -0.1) is 0 Å². The quantitative estimate of drug-likeness (QED) is 0.590. The van der Waals surface area contributed by atoms with Crippen LogP contribution < -0.4 is 0 Å². The molecule has 1 amide bonds. The van der Waals surface area contributed by atoms with Crippen LogP contribution in [0.3, 0.4) is 0 Å². The first-order valence-electron chi connectivity index (χ1n) is 5.11. The van der Waals surface area contributed by atoms with Crippen molar-refractivity contribution in [2.45, 2.75) is 25.8 Å². The molecule has 0 saturated carbocycles. The standard InChI is InChI=1S/C10H13NO4/c1-2-15-10(14)7-4-9(13)11-5-6(12)3-8(7)11/h7-8H,2-5H2,1H3/t7-,8?/m1/s1. The summed E-state index contributed by atoms with van der Waals surface area (Å²) < 4.78 is 4.89. The topological polar surface area (TPSA) is 63.7 Å². The summed E-state index contributed by atoms with van der Waals surface area (Å²) in [6.07, 6.45) is 0.492. The highest BCUT2D eigenvalue weighted by molar-refractivity contribution is 5.96. The Morgan fingerprint density at radius 3 is 2.87 bits per heavy atom. The van der Waals surface area contributed by atoms with Gasteiger partial charge in [-0.05, 0) is 6.92 Å². The molecule has 0 radical (unpaired) electrons. The average molecular weight is 211 g/mol. The number of esters is 1. The fourth-order valence-electron chi connectivity index (χ4n) is 2.28. The number of amides is 1. The summed E-state index contributed by atoms with van der Waals surface area (Å²) in [6.45, 7) is 2.20. The average Bonchev–Trinajstić information content (AvgIpc) is 2.67. The van der Waals surface area contributed by atoms with Crippen molar-refractivity contribution in [3.63, 3.8) is 0 Å². The lowest BCUT2D eigenvalue weighted by atomic mass is 9.98. The molecule has 0 aliphatic carbocycles. The molecule has 0 aromatic rings. The molecule has 0 spiro atoms. The van der Waals surface area contributed by atoms with Crippen molar-refractivity contribution in [2.24, 2.45) is 5.92 Å². The van der Waals surface area contributed by atoms with E-state index in [4.69, 9.17) is 4.74 Å².